The second kappa shape index (κ2) is 7.75. The lowest BCUT2D eigenvalue weighted by atomic mass is 10.0. The molecule has 1 aromatic heterocycles. The maximum absolute atomic E-state index is 11.7. The van der Waals surface area contributed by atoms with Crippen molar-refractivity contribution in [1.29, 1.82) is 0 Å². The van der Waals surface area contributed by atoms with Gasteiger partial charge in [-0.25, -0.2) is 13.1 Å². The number of rotatable bonds is 6. The Labute approximate surface area is 163 Å². The average Bonchev–Trinajstić information content (AvgIpc) is 3.10. The zero-order valence-corrected chi connectivity index (χ0v) is 17.6. The third kappa shape index (κ3) is 4.70. The lowest BCUT2D eigenvalue weighted by Crippen LogP contribution is -2.34. The molecular formula is C17H24N4O2S3. The lowest BCUT2D eigenvalue weighted by Gasteiger charge is -2.22. The summed E-state index contributed by atoms with van der Waals surface area (Å²) in [6, 6.07) is 8.33. The lowest BCUT2D eigenvalue weighted by molar-refractivity contribution is 0.198. The summed E-state index contributed by atoms with van der Waals surface area (Å²) in [4.78, 5) is 2.02. The predicted octanol–water partition coefficient (Wildman–Crippen LogP) is 3.62. The maximum Gasteiger partial charge on any atom is 0.209 e. The molecule has 1 aliphatic heterocycles. The Morgan fingerprint density at radius 2 is 2.08 bits per heavy atom. The van der Waals surface area contributed by atoms with E-state index in [1.54, 1.807) is 4.68 Å². The molecule has 26 heavy (non-hydrogen) atoms. The first-order valence-corrected chi connectivity index (χ1v) is 11.6. The zero-order chi connectivity index (χ0) is 18.9. The predicted molar refractivity (Wildman–Crippen MR) is 110 cm³/mol. The van der Waals surface area contributed by atoms with Crippen LogP contribution in [0.3, 0.4) is 0 Å². The van der Waals surface area contributed by atoms with Crippen molar-refractivity contribution >= 4 is 44.2 Å². The number of hydrogen-bond donors (Lipinski definition) is 1. The normalized spacial score (nSPS) is 19.3. The molecule has 9 heteroatoms. The molecule has 1 aliphatic rings. The van der Waals surface area contributed by atoms with Gasteiger partial charge in [-0.1, -0.05) is 37.3 Å². The third-order valence-electron chi connectivity index (χ3n) is 4.62. The Bertz CT molecular complexity index is 916. The van der Waals surface area contributed by atoms with Gasteiger partial charge in [-0.2, -0.15) is 0 Å². The molecule has 1 atom stereocenters. The molecule has 1 saturated heterocycles. The molecule has 0 aliphatic carbocycles. The molecule has 0 saturated carbocycles. The summed E-state index contributed by atoms with van der Waals surface area (Å²) in [6.07, 6.45) is 0.670. The van der Waals surface area contributed by atoms with Gasteiger partial charge in [0.05, 0.1) is 18.2 Å². The van der Waals surface area contributed by atoms with Crippen LogP contribution in [-0.4, -0.2) is 47.7 Å². The number of hydrogen-bond acceptors (Lipinski definition) is 7. The highest BCUT2D eigenvalue weighted by Gasteiger charge is 2.30. The second-order valence-electron chi connectivity index (χ2n) is 7.03. The van der Waals surface area contributed by atoms with Crippen LogP contribution in [0.1, 0.15) is 31.7 Å². The Hall–Kier alpha value is -1.29. The molecule has 0 spiro atoms. The van der Waals surface area contributed by atoms with Crippen molar-refractivity contribution in [3.63, 3.8) is 0 Å². The molecule has 0 bridgehead atoms. The molecule has 2 aromatic rings. The zero-order valence-electron chi connectivity index (χ0n) is 15.2. The summed E-state index contributed by atoms with van der Waals surface area (Å²) in [5.41, 5.74) is 2.27. The molecule has 2 heterocycles. The highest BCUT2D eigenvalue weighted by Crippen LogP contribution is 2.23. The first-order chi connectivity index (χ1) is 12.2. The van der Waals surface area contributed by atoms with Crippen LogP contribution in [0.2, 0.25) is 0 Å². The summed E-state index contributed by atoms with van der Waals surface area (Å²) >= 11 is 6.83. The van der Waals surface area contributed by atoms with E-state index in [2.05, 4.69) is 36.4 Å². The van der Waals surface area contributed by atoms with Crippen molar-refractivity contribution in [2.24, 2.45) is 0 Å². The Balaban J connectivity index is 1.66. The fraction of sp³-hybridized carbons (Fsp3) is 0.529. The molecule has 0 unspecified atom stereocenters. The van der Waals surface area contributed by atoms with E-state index in [4.69, 9.17) is 12.2 Å². The molecule has 1 fully saturated rings. The van der Waals surface area contributed by atoms with E-state index >= 15 is 0 Å². The van der Waals surface area contributed by atoms with Gasteiger partial charge in [-0.05, 0) is 49.3 Å². The Morgan fingerprint density at radius 3 is 2.65 bits per heavy atom. The van der Waals surface area contributed by atoms with Crippen molar-refractivity contribution in [3.8, 4) is 0 Å². The standard InChI is InChI=1S/C17H24N4O2S3/c1-12(2)13-4-6-14(7-5-13)18-16-19-21(17(24)25-16)11-20(3)15-8-9-26(22,23)10-15/h4-7,12,15H,8-11H2,1-3H3,(H,18,19)/t15-/m1/s1. The molecule has 1 aromatic carbocycles. The van der Waals surface area contributed by atoms with Crippen LogP contribution in [0.15, 0.2) is 24.3 Å². The van der Waals surface area contributed by atoms with Crippen LogP contribution in [0.4, 0.5) is 10.8 Å². The number of aromatic nitrogens is 2. The third-order valence-corrected chi connectivity index (χ3v) is 7.60. The fourth-order valence-electron chi connectivity index (χ4n) is 2.97. The maximum atomic E-state index is 11.7. The molecule has 0 radical (unpaired) electrons. The quantitative estimate of drug-likeness (QED) is 0.731. The van der Waals surface area contributed by atoms with Crippen molar-refractivity contribution < 1.29 is 8.42 Å². The minimum Gasteiger partial charge on any atom is -0.330 e. The minimum absolute atomic E-state index is 0.0311. The van der Waals surface area contributed by atoms with Gasteiger partial charge < -0.3 is 5.32 Å². The number of benzene rings is 1. The van der Waals surface area contributed by atoms with Crippen molar-refractivity contribution in [3.05, 3.63) is 33.8 Å². The van der Waals surface area contributed by atoms with Gasteiger partial charge in [-0.15, -0.1) is 5.10 Å². The van der Waals surface area contributed by atoms with Crippen LogP contribution < -0.4 is 5.32 Å². The Kier molecular flexibility index (Phi) is 5.81. The summed E-state index contributed by atoms with van der Waals surface area (Å²) in [5, 5.41) is 8.57. The van der Waals surface area contributed by atoms with E-state index in [0.717, 1.165) is 10.8 Å². The van der Waals surface area contributed by atoms with Gasteiger partial charge in [0.1, 0.15) is 0 Å². The largest absolute Gasteiger partial charge is 0.330 e. The summed E-state index contributed by atoms with van der Waals surface area (Å²) in [7, 11) is -0.974. The highest BCUT2D eigenvalue weighted by atomic mass is 32.2. The van der Waals surface area contributed by atoms with E-state index in [0.29, 0.717) is 23.0 Å². The Morgan fingerprint density at radius 1 is 1.38 bits per heavy atom. The van der Waals surface area contributed by atoms with Crippen LogP contribution in [0, 0.1) is 3.95 Å². The van der Waals surface area contributed by atoms with E-state index in [9.17, 15) is 8.42 Å². The second-order valence-corrected chi connectivity index (χ2v) is 10.9. The molecule has 142 valence electrons. The van der Waals surface area contributed by atoms with Crippen LogP contribution in [0.5, 0.6) is 0 Å². The van der Waals surface area contributed by atoms with Crippen LogP contribution in [0.25, 0.3) is 0 Å². The first kappa shape index (κ1) is 19.5. The molecule has 6 nitrogen and oxygen atoms in total. The van der Waals surface area contributed by atoms with Gasteiger partial charge >= 0.3 is 0 Å². The molecule has 3 rings (SSSR count). The fourth-order valence-corrected chi connectivity index (χ4v) is 5.79. The van der Waals surface area contributed by atoms with E-state index in [1.165, 1.54) is 16.9 Å². The monoisotopic (exact) mass is 412 g/mol. The molecule has 0 amide bonds. The van der Waals surface area contributed by atoms with Gasteiger partial charge in [0.2, 0.25) is 5.13 Å². The van der Waals surface area contributed by atoms with E-state index < -0.39 is 9.84 Å². The first-order valence-electron chi connectivity index (χ1n) is 8.59. The number of nitrogens with one attached hydrogen (secondary N) is 1. The number of anilines is 2. The summed E-state index contributed by atoms with van der Waals surface area (Å²) < 4.78 is 25.7. The molecular weight excluding hydrogens is 388 g/mol. The van der Waals surface area contributed by atoms with Gasteiger partial charge in [-0.3, -0.25) is 4.90 Å². The molecule has 1 N–H and O–H groups in total. The topological polar surface area (TPSA) is 67.2 Å². The van der Waals surface area contributed by atoms with E-state index in [-0.39, 0.29) is 17.5 Å². The summed E-state index contributed by atoms with van der Waals surface area (Å²) in [5.74, 6) is 0.984. The van der Waals surface area contributed by atoms with Gasteiger partial charge in [0, 0.05) is 11.7 Å². The van der Waals surface area contributed by atoms with Crippen LogP contribution in [-0.2, 0) is 16.5 Å². The minimum atomic E-state index is -2.90. The SMILES string of the molecule is CC(C)c1ccc(Nc2nn(CN(C)[C@@H]3CCS(=O)(=O)C3)c(=S)s2)cc1. The van der Waals surface area contributed by atoms with E-state index in [1.807, 2.05) is 24.1 Å². The number of sulfone groups is 1. The van der Waals surface area contributed by atoms with Crippen molar-refractivity contribution in [1.82, 2.24) is 14.7 Å². The summed E-state index contributed by atoms with van der Waals surface area (Å²) in [6.45, 7) is 4.83. The van der Waals surface area contributed by atoms with Crippen molar-refractivity contribution in [2.45, 2.75) is 38.9 Å². The smallest absolute Gasteiger partial charge is 0.209 e. The number of nitrogens with zero attached hydrogens (tertiary/aromatic N) is 3. The van der Waals surface area contributed by atoms with Gasteiger partial charge in [0.25, 0.3) is 0 Å². The van der Waals surface area contributed by atoms with Gasteiger partial charge in [0.15, 0.2) is 13.8 Å². The van der Waals surface area contributed by atoms with Crippen molar-refractivity contribution in [2.75, 3.05) is 23.9 Å². The van der Waals surface area contributed by atoms with Crippen LogP contribution >= 0.6 is 23.6 Å². The highest BCUT2D eigenvalue weighted by molar-refractivity contribution is 7.91. The average molecular weight is 413 g/mol.